The van der Waals surface area contributed by atoms with E-state index in [0.29, 0.717) is 17.7 Å². The average molecular weight is 440 g/mol. The molecule has 1 aliphatic rings. The van der Waals surface area contributed by atoms with Gasteiger partial charge in [-0.3, -0.25) is 9.78 Å². The molecule has 0 bridgehead atoms. The third-order valence-corrected chi connectivity index (χ3v) is 5.79. The molecule has 0 aliphatic heterocycles. The number of nitrogens with one attached hydrogen (secondary N) is 1. The summed E-state index contributed by atoms with van der Waals surface area (Å²) in [5, 5.41) is 2.79. The van der Waals surface area contributed by atoms with Crippen molar-refractivity contribution in [3.8, 4) is 11.3 Å². The van der Waals surface area contributed by atoms with Gasteiger partial charge in [0.1, 0.15) is 28.8 Å². The summed E-state index contributed by atoms with van der Waals surface area (Å²) >= 11 is 0. The van der Waals surface area contributed by atoms with Gasteiger partial charge in [-0.2, -0.15) is 0 Å². The number of nitrogens with two attached hydrogens (primary N) is 1. The smallest absolute Gasteiger partial charge is 0.274 e. The van der Waals surface area contributed by atoms with Crippen molar-refractivity contribution >= 4 is 11.6 Å². The third kappa shape index (κ3) is 4.65. The number of anilines is 1. The second-order valence-corrected chi connectivity index (χ2v) is 8.34. The summed E-state index contributed by atoms with van der Waals surface area (Å²) in [5.74, 6) is -2.52. The van der Waals surface area contributed by atoms with Crippen molar-refractivity contribution in [2.75, 3.05) is 5.32 Å². The number of rotatable bonds is 4. The van der Waals surface area contributed by atoms with E-state index < -0.39 is 23.4 Å². The Bertz CT molecular complexity index is 1140. The van der Waals surface area contributed by atoms with E-state index in [1.807, 2.05) is 6.07 Å². The van der Waals surface area contributed by atoms with Gasteiger partial charge in [0.15, 0.2) is 0 Å². The molecule has 166 valence electrons. The van der Waals surface area contributed by atoms with Crippen molar-refractivity contribution in [1.29, 1.82) is 0 Å². The van der Waals surface area contributed by atoms with E-state index in [-0.39, 0.29) is 28.9 Å². The van der Waals surface area contributed by atoms with E-state index in [2.05, 4.69) is 22.2 Å². The van der Waals surface area contributed by atoms with Crippen LogP contribution in [-0.2, 0) is 0 Å². The average Bonchev–Trinajstić information content (AvgIpc) is 2.74. The molecular formula is C24H23F3N4O. The zero-order valence-corrected chi connectivity index (χ0v) is 17.5. The Morgan fingerprint density at radius 2 is 1.88 bits per heavy atom. The molecule has 3 N–H and O–H groups in total. The first-order valence-electron chi connectivity index (χ1n) is 10.4. The Morgan fingerprint density at radius 1 is 1.06 bits per heavy atom. The molecule has 0 saturated heterocycles. The van der Waals surface area contributed by atoms with Crippen LogP contribution in [0.2, 0.25) is 0 Å². The quantitative estimate of drug-likeness (QED) is 0.595. The maximum absolute atomic E-state index is 14.3. The molecule has 0 spiro atoms. The number of benzene rings is 1. The zero-order chi connectivity index (χ0) is 22.8. The molecule has 1 aromatic carbocycles. The van der Waals surface area contributed by atoms with Crippen LogP contribution in [0, 0.1) is 23.4 Å². The Balaban J connectivity index is 1.62. The molecule has 3 aromatic rings. The van der Waals surface area contributed by atoms with Crippen molar-refractivity contribution in [1.82, 2.24) is 9.97 Å². The lowest BCUT2D eigenvalue weighted by molar-refractivity contribution is 0.102. The van der Waals surface area contributed by atoms with Gasteiger partial charge in [0.05, 0.1) is 11.9 Å². The number of carbonyl (C=O) groups excluding carboxylic acids is 1. The highest BCUT2D eigenvalue weighted by atomic mass is 19.1. The van der Waals surface area contributed by atoms with Crippen molar-refractivity contribution in [2.24, 2.45) is 11.7 Å². The van der Waals surface area contributed by atoms with Gasteiger partial charge in [0.25, 0.3) is 5.91 Å². The Morgan fingerprint density at radius 3 is 2.62 bits per heavy atom. The molecule has 32 heavy (non-hydrogen) atoms. The number of nitrogens with zero attached hydrogens (tertiary/aromatic N) is 2. The number of carbonyl (C=O) groups is 1. The summed E-state index contributed by atoms with van der Waals surface area (Å²) in [7, 11) is 0. The minimum atomic E-state index is -0.966. The van der Waals surface area contributed by atoms with E-state index in [1.165, 1.54) is 6.07 Å². The maximum atomic E-state index is 14.3. The van der Waals surface area contributed by atoms with Gasteiger partial charge < -0.3 is 11.1 Å². The molecule has 4 rings (SSSR count). The lowest BCUT2D eigenvalue weighted by atomic mass is 9.76. The van der Waals surface area contributed by atoms with Gasteiger partial charge in [-0.25, -0.2) is 18.2 Å². The summed E-state index contributed by atoms with van der Waals surface area (Å²) in [6.45, 7) is 2.16. The van der Waals surface area contributed by atoms with Crippen LogP contribution in [0.1, 0.15) is 48.2 Å². The largest absolute Gasteiger partial charge is 0.328 e. The summed E-state index contributed by atoms with van der Waals surface area (Å²) in [4.78, 5) is 21.0. The Labute approximate surface area is 183 Å². The molecule has 2 heterocycles. The number of amides is 1. The minimum absolute atomic E-state index is 0.0902. The molecule has 8 heteroatoms. The molecular weight excluding hydrogens is 417 g/mol. The molecule has 0 unspecified atom stereocenters. The highest BCUT2D eigenvalue weighted by molar-refractivity contribution is 6.03. The highest BCUT2D eigenvalue weighted by Gasteiger charge is 2.27. The third-order valence-electron chi connectivity index (χ3n) is 5.79. The predicted octanol–water partition coefficient (Wildman–Crippen LogP) is 5.04. The summed E-state index contributed by atoms with van der Waals surface area (Å²) in [6.07, 6.45) is 5.94. The van der Waals surface area contributed by atoms with Gasteiger partial charge in [0.2, 0.25) is 0 Å². The summed E-state index contributed by atoms with van der Waals surface area (Å²) < 4.78 is 41.7. The number of pyridine rings is 2. The fourth-order valence-corrected chi connectivity index (χ4v) is 4.40. The summed E-state index contributed by atoms with van der Waals surface area (Å²) in [6, 6.07) is 6.93. The molecule has 3 atom stereocenters. The normalized spacial score (nSPS) is 20.7. The molecule has 5 nitrogen and oxygen atoms in total. The lowest BCUT2D eigenvalue weighted by Crippen LogP contribution is -2.31. The SMILES string of the molecule is C[C@@H]1C[C@H](N)C[C@@H](c2ccncc2NC(=O)c2ccc(F)c(-c3ccc(F)cc3F)n2)C1. The maximum Gasteiger partial charge on any atom is 0.274 e. The number of aromatic nitrogens is 2. The molecule has 1 aliphatic carbocycles. The molecule has 1 saturated carbocycles. The van der Waals surface area contributed by atoms with E-state index in [9.17, 15) is 18.0 Å². The number of hydrogen-bond donors (Lipinski definition) is 2. The lowest BCUT2D eigenvalue weighted by Gasteiger charge is -2.32. The molecule has 1 fully saturated rings. The van der Waals surface area contributed by atoms with E-state index >= 15 is 0 Å². The Hall–Kier alpha value is -3.26. The topological polar surface area (TPSA) is 80.9 Å². The van der Waals surface area contributed by atoms with Crippen LogP contribution < -0.4 is 11.1 Å². The van der Waals surface area contributed by atoms with Crippen LogP contribution in [0.3, 0.4) is 0 Å². The number of halogens is 3. The first-order valence-corrected chi connectivity index (χ1v) is 10.4. The second kappa shape index (κ2) is 9.08. The number of hydrogen-bond acceptors (Lipinski definition) is 4. The first-order chi connectivity index (χ1) is 15.3. The van der Waals surface area contributed by atoms with Crippen LogP contribution in [0.25, 0.3) is 11.3 Å². The molecule has 0 radical (unpaired) electrons. The van der Waals surface area contributed by atoms with Gasteiger partial charge >= 0.3 is 0 Å². The fourth-order valence-electron chi connectivity index (χ4n) is 4.40. The van der Waals surface area contributed by atoms with Crippen LogP contribution >= 0.6 is 0 Å². The van der Waals surface area contributed by atoms with Crippen molar-refractivity contribution in [3.05, 3.63) is 77.5 Å². The van der Waals surface area contributed by atoms with Crippen molar-refractivity contribution < 1.29 is 18.0 Å². The first kappa shape index (κ1) is 22.0. The van der Waals surface area contributed by atoms with Crippen LogP contribution in [0.4, 0.5) is 18.9 Å². The van der Waals surface area contributed by atoms with E-state index in [1.54, 1.807) is 12.4 Å². The highest BCUT2D eigenvalue weighted by Crippen LogP contribution is 2.38. The van der Waals surface area contributed by atoms with E-state index in [4.69, 9.17) is 5.73 Å². The Kier molecular flexibility index (Phi) is 6.23. The van der Waals surface area contributed by atoms with Crippen LogP contribution in [0.15, 0.2) is 48.8 Å². The van der Waals surface area contributed by atoms with Gasteiger partial charge in [-0.05, 0) is 67.0 Å². The van der Waals surface area contributed by atoms with Crippen LogP contribution in [0.5, 0.6) is 0 Å². The monoisotopic (exact) mass is 440 g/mol. The summed E-state index contributed by atoms with van der Waals surface area (Å²) in [5.41, 5.74) is 6.96. The van der Waals surface area contributed by atoms with Gasteiger partial charge in [-0.1, -0.05) is 6.92 Å². The second-order valence-electron chi connectivity index (χ2n) is 8.34. The molecule has 2 aromatic heterocycles. The standard InChI is InChI=1S/C24H23F3N4O/c1-13-8-14(10-16(28)9-13)17-6-7-29-12-22(17)31-24(32)21-5-4-19(26)23(30-21)18-3-2-15(25)11-20(18)27/h2-7,11-14,16H,8-10,28H2,1H3,(H,31,32)/t13-,14-,16-/m0/s1. The predicted molar refractivity (Wildman–Crippen MR) is 115 cm³/mol. The van der Waals surface area contributed by atoms with Gasteiger partial charge in [0, 0.05) is 23.9 Å². The van der Waals surface area contributed by atoms with E-state index in [0.717, 1.165) is 43.0 Å². The van der Waals surface area contributed by atoms with Crippen molar-refractivity contribution in [2.45, 2.75) is 38.1 Å². The van der Waals surface area contributed by atoms with Gasteiger partial charge in [-0.15, -0.1) is 0 Å². The van der Waals surface area contributed by atoms with Crippen LogP contribution in [-0.4, -0.2) is 21.9 Å². The molecule has 1 amide bonds. The minimum Gasteiger partial charge on any atom is -0.328 e. The zero-order valence-electron chi connectivity index (χ0n) is 17.5. The fraction of sp³-hybridized carbons (Fsp3) is 0.292. The van der Waals surface area contributed by atoms with Crippen molar-refractivity contribution in [3.63, 3.8) is 0 Å².